The molecular formula is C13H17BrF3N. The first kappa shape index (κ1) is 15.3. The van der Waals surface area contributed by atoms with Crippen LogP contribution in [-0.4, -0.2) is 6.54 Å². The summed E-state index contributed by atoms with van der Waals surface area (Å²) in [6.07, 6.45) is -2.19. The molecule has 0 aliphatic rings. The lowest BCUT2D eigenvalue weighted by molar-refractivity contribution is -0.137. The van der Waals surface area contributed by atoms with Crippen molar-refractivity contribution < 1.29 is 13.2 Å². The summed E-state index contributed by atoms with van der Waals surface area (Å²) in [5, 5.41) is 3.13. The highest BCUT2D eigenvalue weighted by Crippen LogP contribution is 2.33. The number of benzene rings is 1. The van der Waals surface area contributed by atoms with Gasteiger partial charge in [-0.05, 0) is 52.9 Å². The third kappa shape index (κ3) is 4.88. The van der Waals surface area contributed by atoms with E-state index in [-0.39, 0.29) is 0 Å². The zero-order valence-corrected chi connectivity index (χ0v) is 12.0. The lowest BCUT2D eigenvalue weighted by atomic mass is 10.1. The van der Waals surface area contributed by atoms with Gasteiger partial charge in [0.1, 0.15) is 0 Å². The number of hydrogen-bond donors (Lipinski definition) is 1. The lowest BCUT2D eigenvalue weighted by Gasteiger charge is -2.12. The minimum atomic E-state index is -4.29. The molecule has 0 saturated carbocycles. The summed E-state index contributed by atoms with van der Waals surface area (Å²) < 4.78 is 37.8. The average Bonchev–Trinajstić information content (AvgIpc) is 2.24. The van der Waals surface area contributed by atoms with Gasteiger partial charge in [0.05, 0.1) is 5.56 Å². The van der Waals surface area contributed by atoms with Gasteiger partial charge in [-0.25, -0.2) is 0 Å². The van der Waals surface area contributed by atoms with Gasteiger partial charge >= 0.3 is 6.18 Å². The Morgan fingerprint density at radius 2 is 1.94 bits per heavy atom. The first-order chi connectivity index (χ1) is 8.30. The highest BCUT2D eigenvalue weighted by Gasteiger charge is 2.30. The van der Waals surface area contributed by atoms with E-state index in [4.69, 9.17) is 0 Å². The second-order valence-corrected chi connectivity index (χ2v) is 5.51. The van der Waals surface area contributed by atoms with E-state index in [1.54, 1.807) is 0 Å². The molecule has 0 amide bonds. The molecule has 102 valence electrons. The minimum Gasteiger partial charge on any atom is -0.384 e. The van der Waals surface area contributed by atoms with Crippen LogP contribution in [0.15, 0.2) is 22.7 Å². The average molecular weight is 324 g/mol. The van der Waals surface area contributed by atoms with Crippen LogP contribution in [0.1, 0.15) is 32.3 Å². The maximum absolute atomic E-state index is 12.5. The van der Waals surface area contributed by atoms with Crippen LogP contribution in [-0.2, 0) is 6.18 Å². The van der Waals surface area contributed by atoms with Gasteiger partial charge in [0.25, 0.3) is 0 Å². The molecule has 0 spiro atoms. The van der Waals surface area contributed by atoms with Gasteiger partial charge in [-0.15, -0.1) is 0 Å². The molecule has 1 aromatic rings. The lowest BCUT2D eigenvalue weighted by Crippen LogP contribution is -2.07. The zero-order chi connectivity index (χ0) is 13.8. The van der Waals surface area contributed by atoms with Crippen LogP contribution in [0.4, 0.5) is 18.9 Å². The van der Waals surface area contributed by atoms with Crippen LogP contribution < -0.4 is 5.32 Å². The fourth-order valence-corrected chi connectivity index (χ4v) is 2.09. The highest BCUT2D eigenvalue weighted by molar-refractivity contribution is 9.10. The fourth-order valence-electron chi connectivity index (χ4n) is 1.57. The first-order valence-corrected chi connectivity index (χ1v) is 6.70. The van der Waals surface area contributed by atoms with Crippen molar-refractivity contribution in [1.29, 1.82) is 0 Å². The molecule has 0 aliphatic heterocycles. The monoisotopic (exact) mass is 323 g/mol. The Kier molecular flexibility index (Phi) is 5.50. The number of halogens is 4. The van der Waals surface area contributed by atoms with Crippen molar-refractivity contribution in [2.75, 3.05) is 11.9 Å². The molecule has 0 saturated heterocycles. The summed E-state index contributed by atoms with van der Waals surface area (Å²) in [6, 6.07) is 3.66. The molecule has 5 heteroatoms. The van der Waals surface area contributed by atoms with Crippen LogP contribution >= 0.6 is 15.9 Å². The van der Waals surface area contributed by atoms with Gasteiger partial charge < -0.3 is 5.32 Å². The Morgan fingerprint density at radius 3 is 2.44 bits per heavy atom. The van der Waals surface area contributed by atoms with Gasteiger partial charge in [0.15, 0.2) is 0 Å². The Labute approximate surface area is 114 Å². The standard InChI is InChI=1S/C13H17BrF3N/c1-9(2)4-3-7-18-12-6-5-10(8-11(12)14)13(15,16)17/h5-6,8-9,18H,3-4,7H2,1-2H3. The SMILES string of the molecule is CC(C)CCCNc1ccc(C(F)(F)F)cc1Br. The van der Waals surface area contributed by atoms with Crippen LogP contribution in [0.5, 0.6) is 0 Å². The largest absolute Gasteiger partial charge is 0.416 e. The number of anilines is 1. The molecule has 0 heterocycles. The summed E-state index contributed by atoms with van der Waals surface area (Å²) in [4.78, 5) is 0. The molecule has 1 nitrogen and oxygen atoms in total. The maximum Gasteiger partial charge on any atom is 0.416 e. The van der Waals surface area contributed by atoms with Crippen molar-refractivity contribution in [1.82, 2.24) is 0 Å². The van der Waals surface area contributed by atoms with E-state index in [1.807, 2.05) is 0 Å². The number of hydrogen-bond acceptors (Lipinski definition) is 1. The summed E-state index contributed by atoms with van der Waals surface area (Å²) in [5.74, 6) is 0.642. The second kappa shape index (κ2) is 6.45. The molecule has 0 aliphatic carbocycles. The molecule has 18 heavy (non-hydrogen) atoms. The van der Waals surface area contributed by atoms with Gasteiger partial charge in [-0.3, -0.25) is 0 Å². The molecule has 1 N–H and O–H groups in total. The molecule has 0 radical (unpaired) electrons. The molecule has 1 aromatic carbocycles. The van der Waals surface area contributed by atoms with Crippen LogP contribution in [0.25, 0.3) is 0 Å². The van der Waals surface area contributed by atoms with E-state index in [1.165, 1.54) is 6.07 Å². The second-order valence-electron chi connectivity index (χ2n) is 4.66. The Bertz CT molecular complexity index is 388. The van der Waals surface area contributed by atoms with E-state index in [0.29, 0.717) is 16.1 Å². The predicted octanol–water partition coefficient (Wildman–Crippen LogP) is 5.32. The summed E-state index contributed by atoms with van der Waals surface area (Å²) in [6.45, 7) is 5.06. The predicted molar refractivity (Wildman–Crippen MR) is 71.7 cm³/mol. The van der Waals surface area contributed by atoms with E-state index >= 15 is 0 Å². The molecule has 0 atom stereocenters. The Morgan fingerprint density at radius 1 is 1.28 bits per heavy atom. The summed E-state index contributed by atoms with van der Waals surface area (Å²) in [7, 11) is 0. The zero-order valence-electron chi connectivity index (χ0n) is 10.4. The molecule has 0 bridgehead atoms. The smallest absolute Gasteiger partial charge is 0.384 e. The van der Waals surface area contributed by atoms with E-state index < -0.39 is 11.7 Å². The van der Waals surface area contributed by atoms with Crippen molar-refractivity contribution in [2.24, 2.45) is 5.92 Å². The fraction of sp³-hybridized carbons (Fsp3) is 0.538. The molecule has 1 rings (SSSR count). The summed E-state index contributed by atoms with van der Waals surface area (Å²) in [5.41, 5.74) is 0.0638. The van der Waals surface area contributed by atoms with Gasteiger partial charge in [-0.1, -0.05) is 13.8 Å². The first-order valence-electron chi connectivity index (χ1n) is 5.91. The molecular weight excluding hydrogens is 307 g/mol. The topological polar surface area (TPSA) is 12.0 Å². The van der Waals surface area contributed by atoms with Gasteiger partial charge in [0, 0.05) is 16.7 Å². The summed E-state index contributed by atoms with van der Waals surface area (Å²) >= 11 is 3.16. The quantitative estimate of drug-likeness (QED) is 0.723. The third-order valence-electron chi connectivity index (χ3n) is 2.57. The van der Waals surface area contributed by atoms with Crippen molar-refractivity contribution in [3.05, 3.63) is 28.2 Å². The van der Waals surface area contributed by atoms with Gasteiger partial charge in [-0.2, -0.15) is 13.2 Å². The number of rotatable bonds is 5. The number of nitrogens with one attached hydrogen (secondary N) is 1. The molecule has 0 fully saturated rings. The Hall–Kier alpha value is -0.710. The normalized spacial score (nSPS) is 11.9. The van der Waals surface area contributed by atoms with E-state index in [9.17, 15) is 13.2 Å². The van der Waals surface area contributed by atoms with Crippen molar-refractivity contribution >= 4 is 21.6 Å². The Balaban J connectivity index is 2.58. The van der Waals surface area contributed by atoms with E-state index in [2.05, 4.69) is 35.1 Å². The van der Waals surface area contributed by atoms with Crippen LogP contribution in [0.2, 0.25) is 0 Å². The minimum absolute atomic E-state index is 0.446. The van der Waals surface area contributed by atoms with Gasteiger partial charge in [0.2, 0.25) is 0 Å². The van der Waals surface area contributed by atoms with Crippen LogP contribution in [0, 0.1) is 5.92 Å². The van der Waals surface area contributed by atoms with Crippen molar-refractivity contribution in [3.63, 3.8) is 0 Å². The van der Waals surface area contributed by atoms with Crippen molar-refractivity contribution in [2.45, 2.75) is 32.9 Å². The number of alkyl halides is 3. The maximum atomic E-state index is 12.5. The van der Waals surface area contributed by atoms with Crippen molar-refractivity contribution in [3.8, 4) is 0 Å². The third-order valence-corrected chi connectivity index (χ3v) is 3.23. The highest BCUT2D eigenvalue weighted by atomic mass is 79.9. The molecule has 0 unspecified atom stereocenters. The van der Waals surface area contributed by atoms with E-state index in [0.717, 1.165) is 31.5 Å². The molecule has 0 aromatic heterocycles. The van der Waals surface area contributed by atoms with Crippen LogP contribution in [0.3, 0.4) is 0 Å².